The van der Waals surface area contributed by atoms with Crippen molar-refractivity contribution < 1.29 is 0 Å². The molecule has 3 aliphatic carbocycles. The minimum Gasteiger partial charge on any atom is -0.0525 e. The van der Waals surface area contributed by atoms with Crippen molar-refractivity contribution in [2.75, 3.05) is 0 Å². The van der Waals surface area contributed by atoms with E-state index in [2.05, 4.69) is 0 Å². The van der Waals surface area contributed by atoms with E-state index < -0.39 is 0 Å². The molecule has 0 aromatic carbocycles. The molecule has 3 unspecified atom stereocenters. The molecule has 3 fully saturated rings. The molecule has 3 aliphatic rings. The summed E-state index contributed by atoms with van der Waals surface area (Å²) in [6, 6.07) is 0. The summed E-state index contributed by atoms with van der Waals surface area (Å²) in [6.07, 6.45) is 9.53. The highest BCUT2D eigenvalue weighted by Crippen LogP contribution is 2.71. The molecular weight excluding hydrogens is 108 g/mol. The summed E-state index contributed by atoms with van der Waals surface area (Å²) < 4.78 is 0. The SMILES string of the molecule is C1CC2CCC3(C1)CC23. The molecule has 0 nitrogen and oxygen atoms in total. The molecule has 3 rings (SSSR count). The fourth-order valence-electron chi connectivity index (χ4n) is 3.48. The van der Waals surface area contributed by atoms with Gasteiger partial charge in [0, 0.05) is 0 Å². The average Bonchev–Trinajstić information content (AvgIpc) is 2.57. The Bertz CT molecular complexity index is 141. The second kappa shape index (κ2) is 1.21. The minimum absolute atomic E-state index is 0.961. The summed E-state index contributed by atoms with van der Waals surface area (Å²) in [5.41, 5.74) is 0.961. The standard InChI is InChI=1S/C9H14/c1-2-7-3-5-9(4-1)6-8(7)9/h7-8H,1-6H2. The molecule has 0 heteroatoms. The third-order valence-electron chi connectivity index (χ3n) is 4.08. The molecule has 3 atom stereocenters. The first-order chi connectivity index (χ1) is 4.41. The Kier molecular flexibility index (Phi) is 0.640. The Morgan fingerprint density at radius 1 is 1.11 bits per heavy atom. The van der Waals surface area contributed by atoms with Crippen LogP contribution in [0.2, 0.25) is 0 Å². The molecule has 0 saturated heterocycles. The number of hydrogen-bond acceptors (Lipinski definition) is 0. The summed E-state index contributed by atoms with van der Waals surface area (Å²) in [6.45, 7) is 0. The Labute approximate surface area is 56.6 Å². The van der Waals surface area contributed by atoms with Crippen molar-refractivity contribution in [3.8, 4) is 0 Å². The summed E-state index contributed by atoms with van der Waals surface area (Å²) >= 11 is 0. The van der Waals surface area contributed by atoms with Gasteiger partial charge in [-0.2, -0.15) is 0 Å². The van der Waals surface area contributed by atoms with Crippen molar-refractivity contribution >= 4 is 0 Å². The van der Waals surface area contributed by atoms with Crippen LogP contribution in [-0.4, -0.2) is 0 Å². The molecule has 0 radical (unpaired) electrons. The normalized spacial score (nSPS) is 61.3. The van der Waals surface area contributed by atoms with Crippen molar-refractivity contribution in [2.24, 2.45) is 17.3 Å². The van der Waals surface area contributed by atoms with Crippen LogP contribution in [0.4, 0.5) is 0 Å². The van der Waals surface area contributed by atoms with Crippen molar-refractivity contribution in [1.29, 1.82) is 0 Å². The molecule has 0 N–H and O–H groups in total. The fraction of sp³-hybridized carbons (Fsp3) is 1.00. The molecule has 0 spiro atoms. The Balaban J connectivity index is 1.99. The zero-order chi connectivity index (χ0) is 5.90. The minimum atomic E-state index is 0.961. The molecule has 3 saturated carbocycles. The van der Waals surface area contributed by atoms with Gasteiger partial charge in [0.25, 0.3) is 0 Å². The maximum Gasteiger partial charge on any atom is -0.0263 e. The monoisotopic (exact) mass is 122 g/mol. The summed E-state index contributed by atoms with van der Waals surface area (Å²) in [5, 5.41) is 0. The van der Waals surface area contributed by atoms with E-state index in [0.29, 0.717) is 0 Å². The third kappa shape index (κ3) is 0.426. The highest BCUT2D eigenvalue weighted by Gasteiger charge is 2.62. The topological polar surface area (TPSA) is 0 Å². The smallest absolute Gasteiger partial charge is 0.0263 e. The van der Waals surface area contributed by atoms with E-state index in [1.165, 1.54) is 11.8 Å². The second-order valence-electron chi connectivity index (χ2n) is 4.36. The van der Waals surface area contributed by atoms with Crippen LogP contribution >= 0.6 is 0 Å². The van der Waals surface area contributed by atoms with Crippen LogP contribution in [0.1, 0.15) is 38.5 Å². The van der Waals surface area contributed by atoms with Crippen LogP contribution in [0.25, 0.3) is 0 Å². The van der Waals surface area contributed by atoms with Crippen molar-refractivity contribution in [2.45, 2.75) is 38.5 Å². The first kappa shape index (κ1) is 4.76. The maximum absolute atomic E-state index is 1.62. The molecule has 0 heterocycles. The molecule has 0 aromatic heterocycles. The second-order valence-corrected chi connectivity index (χ2v) is 4.36. The van der Waals surface area contributed by atoms with Gasteiger partial charge in [0.2, 0.25) is 0 Å². The van der Waals surface area contributed by atoms with Gasteiger partial charge in [0.05, 0.1) is 0 Å². The third-order valence-corrected chi connectivity index (χ3v) is 4.08. The largest absolute Gasteiger partial charge is 0.0525 e. The first-order valence-electron chi connectivity index (χ1n) is 4.41. The van der Waals surface area contributed by atoms with Gasteiger partial charge in [-0.15, -0.1) is 0 Å². The highest BCUT2D eigenvalue weighted by molar-refractivity contribution is 5.12. The molecule has 9 heavy (non-hydrogen) atoms. The van der Waals surface area contributed by atoms with Gasteiger partial charge in [-0.3, -0.25) is 0 Å². The molecule has 0 aromatic rings. The molecule has 0 amide bonds. The van der Waals surface area contributed by atoms with Crippen LogP contribution in [0.15, 0.2) is 0 Å². The van der Waals surface area contributed by atoms with E-state index in [0.717, 1.165) is 5.41 Å². The predicted octanol–water partition coefficient (Wildman–Crippen LogP) is 2.59. The summed E-state index contributed by atoms with van der Waals surface area (Å²) in [7, 11) is 0. The quantitative estimate of drug-likeness (QED) is 0.463. The Morgan fingerprint density at radius 3 is 2.78 bits per heavy atom. The van der Waals surface area contributed by atoms with E-state index in [9.17, 15) is 0 Å². The van der Waals surface area contributed by atoms with Gasteiger partial charge in [-0.05, 0) is 42.9 Å². The van der Waals surface area contributed by atoms with Crippen LogP contribution in [0.5, 0.6) is 0 Å². The Morgan fingerprint density at radius 2 is 2.11 bits per heavy atom. The predicted molar refractivity (Wildman–Crippen MR) is 37.1 cm³/mol. The number of rotatable bonds is 0. The van der Waals surface area contributed by atoms with Crippen LogP contribution < -0.4 is 0 Å². The van der Waals surface area contributed by atoms with Crippen LogP contribution in [0, 0.1) is 17.3 Å². The van der Waals surface area contributed by atoms with Crippen LogP contribution in [0.3, 0.4) is 0 Å². The lowest BCUT2D eigenvalue weighted by molar-refractivity contribution is 0.346. The molecule has 0 aliphatic heterocycles. The van der Waals surface area contributed by atoms with E-state index in [-0.39, 0.29) is 0 Å². The zero-order valence-electron chi connectivity index (χ0n) is 5.90. The van der Waals surface area contributed by atoms with Gasteiger partial charge in [-0.25, -0.2) is 0 Å². The van der Waals surface area contributed by atoms with Gasteiger partial charge in [0.1, 0.15) is 0 Å². The van der Waals surface area contributed by atoms with E-state index in [4.69, 9.17) is 0 Å². The van der Waals surface area contributed by atoms with E-state index in [1.54, 1.807) is 38.5 Å². The van der Waals surface area contributed by atoms with E-state index in [1.807, 2.05) is 0 Å². The Hall–Kier alpha value is 0. The average molecular weight is 122 g/mol. The van der Waals surface area contributed by atoms with Gasteiger partial charge in [0.15, 0.2) is 0 Å². The fourth-order valence-corrected chi connectivity index (χ4v) is 3.48. The van der Waals surface area contributed by atoms with Crippen molar-refractivity contribution in [1.82, 2.24) is 0 Å². The lowest BCUT2D eigenvalue weighted by Crippen LogP contribution is -2.06. The molecule has 50 valence electrons. The van der Waals surface area contributed by atoms with Crippen molar-refractivity contribution in [3.05, 3.63) is 0 Å². The molecule has 2 bridgehead atoms. The first-order valence-corrected chi connectivity index (χ1v) is 4.41. The lowest BCUT2D eigenvalue weighted by atomic mass is 9.89. The van der Waals surface area contributed by atoms with Gasteiger partial charge < -0.3 is 0 Å². The van der Waals surface area contributed by atoms with Crippen molar-refractivity contribution in [3.63, 3.8) is 0 Å². The highest BCUT2D eigenvalue weighted by atomic mass is 14.7. The lowest BCUT2D eigenvalue weighted by Gasteiger charge is -2.16. The molecular formula is C9H14. The summed E-state index contributed by atoms with van der Waals surface area (Å²) in [5.74, 6) is 2.42. The van der Waals surface area contributed by atoms with E-state index >= 15 is 0 Å². The zero-order valence-corrected chi connectivity index (χ0v) is 5.90. The van der Waals surface area contributed by atoms with Crippen LogP contribution in [-0.2, 0) is 0 Å². The summed E-state index contributed by atoms with van der Waals surface area (Å²) in [4.78, 5) is 0. The van der Waals surface area contributed by atoms with Gasteiger partial charge in [-0.1, -0.05) is 12.8 Å². The number of hydrogen-bond donors (Lipinski definition) is 0. The maximum atomic E-state index is 1.62. The van der Waals surface area contributed by atoms with Gasteiger partial charge >= 0.3 is 0 Å².